The summed E-state index contributed by atoms with van der Waals surface area (Å²) in [6.07, 6.45) is 0. The SMILES string of the molecule is COc1ccc(Cl)cc1-c1n[nH]c(=S)c(C)c1C. The largest absolute Gasteiger partial charge is 0.496 e. The summed E-state index contributed by atoms with van der Waals surface area (Å²) in [6, 6.07) is 5.46. The number of nitrogens with one attached hydrogen (secondary N) is 1. The van der Waals surface area contributed by atoms with E-state index in [1.54, 1.807) is 13.2 Å². The molecule has 0 unspecified atom stereocenters. The number of halogens is 1. The maximum absolute atomic E-state index is 6.03. The lowest BCUT2D eigenvalue weighted by atomic mass is 10.0. The van der Waals surface area contributed by atoms with Gasteiger partial charge in [0.1, 0.15) is 10.4 Å². The molecule has 0 fully saturated rings. The molecule has 2 aromatic rings. The average molecular weight is 281 g/mol. The number of rotatable bonds is 2. The Morgan fingerprint density at radius 1 is 1.28 bits per heavy atom. The number of aromatic amines is 1. The minimum Gasteiger partial charge on any atom is -0.496 e. The van der Waals surface area contributed by atoms with E-state index in [-0.39, 0.29) is 0 Å². The van der Waals surface area contributed by atoms with Gasteiger partial charge in [0.15, 0.2) is 0 Å². The summed E-state index contributed by atoms with van der Waals surface area (Å²) >= 11 is 11.2. The third kappa shape index (κ3) is 2.26. The van der Waals surface area contributed by atoms with Crippen molar-refractivity contribution in [2.24, 2.45) is 0 Å². The molecule has 1 aromatic carbocycles. The fourth-order valence-corrected chi connectivity index (χ4v) is 2.12. The van der Waals surface area contributed by atoms with Crippen LogP contribution in [-0.4, -0.2) is 17.3 Å². The van der Waals surface area contributed by atoms with Gasteiger partial charge in [-0.25, -0.2) is 0 Å². The van der Waals surface area contributed by atoms with Crippen molar-refractivity contribution in [2.75, 3.05) is 7.11 Å². The Morgan fingerprint density at radius 2 is 2.00 bits per heavy atom. The van der Waals surface area contributed by atoms with Crippen molar-refractivity contribution < 1.29 is 4.74 Å². The van der Waals surface area contributed by atoms with Gasteiger partial charge >= 0.3 is 0 Å². The predicted octanol–water partition coefficient (Wildman–Crippen LogP) is 4.09. The zero-order chi connectivity index (χ0) is 13.3. The van der Waals surface area contributed by atoms with Crippen molar-refractivity contribution in [1.82, 2.24) is 10.2 Å². The Balaban J connectivity index is 2.73. The zero-order valence-electron chi connectivity index (χ0n) is 10.4. The van der Waals surface area contributed by atoms with Gasteiger partial charge in [-0.3, -0.25) is 5.10 Å². The lowest BCUT2D eigenvalue weighted by Gasteiger charge is -2.11. The smallest absolute Gasteiger partial charge is 0.128 e. The number of nitrogens with zero attached hydrogens (tertiary/aromatic N) is 1. The number of ether oxygens (including phenoxy) is 1. The van der Waals surface area contributed by atoms with E-state index in [4.69, 9.17) is 28.6 Å². The number of benzene rings is 1. The number of hydrogen-bond acceptors (Lipinski definition) is 3. The fourth-order valence-electron chi connectivity index (χ4n) is 1.75. The Hall–Kier alpha value is -1.39. The molecule has 5 heteroatoms. The molecule has 0 saturated carbocycles. The molecule has 0 bridgehead atoms. The lowest BCUT2D eigenvalue weighted by Crippen LogP contribution is -1.98. The summed E-state index contributed by atoms with van der Waals surface area (Å²) in [5.41, 5.74) is 3.70. The fraction of sp³-hybridized carbons (Fsp3) is 0.231. The molecule has 2 rings (SSSR count). The Bertz CT molecular complexity index is 652. The van der Waals surface area contributed by atoms with Crippen LogP contribution in [0.1, 0.15) is 11.1 Å². The molecular weight excluding hydrogens is 268 g/mol. The van der Waals surface area contributed by atoms with Gasteiger partial charge in [-0.15, -0.1) is 0 Å². The first-order valence-electron chi connectivity index (χ1n) is 5.44. The molecule has 1 aromatic heterocycles. The average Bonchev–Trinajstić information content (AvgIpc) is 2.36. The van der Waals surface area contributed by atoms with E-state index in [0.29, 0.717) is 9.66 Å². The molecule has 94 valence electrons. The van der Waals surface area contributed by atoms with Crippen LogP contribution in [0.15, 0.2) is 18.2 Å². The van der Waals surface area contributed by atoms with E-state index >= 15 is 0 Å². The molecule has 0 aliphatic carbocycles. The van der Waals surface area contributed by atoms with Crippen molar-refractivity contribution in [1.29, 1.82) is 0 Å². The molecule has 1 N–H and O–H groups in total. The van der Waals surface area contributed by atoms with Crippen molar-refractivity contribution in [3.8, 4) is 17.0 Å². The van der Waals surface area contributed by atoms with Crippen molar-refractivity contribution >= 4 is 23.8 Å². The summed E-state index contributed by atoms with van der Waals surface area (Å²) in [5.74, 6) is 0.736. The van der Waals surface area contributed by atoms with Crippen molar-refractivity contribution in [2.45, 2.75) is 13.8 Å². The highest BCUT2D eigenvalue weighted by Gasteiger charge is 2.12. The van der Waals surface area contributed by atoms with Crippen LogP contribution in [0.5, 0.6) is 5.75 Å². The summed E-state index contributed by atoms with van der Waals surface area (Å²) < 4.78 is 5.99. The molecule has 0 amide bonds. The van der Waals surface area contributed by atoms with Crippen LogP contribution in [0.2, 0.25) is 5.02 Å². The maximum Gasteiger partial charge on any atom is 0.128 e. The monoisotopic (exact) mass is 280 g/mol. The molecule has 0 radical (unpaired) electrons. The van der Waals surface area contributed by atoms with Gasteiger partial charge in [0, 0.05) is 10.6 Å². The second-order valence-corrected chi connectivity index (χ2v) is 4.84. The summed E-state index contributed by atoms with van der Waals surface area (Å²) in [7, 11) is 1.63. The van der Waals surface area contributed by atoms with Crippen LogP contribution in [0.25, 0.3) is 11.3 Å². The molecule has 0 atom stereocenters. The van der Waals surface area contributed by atoms with Gasteiger partial charge in [0.2, 0.25) is 0 Å². The highest BCUT2D eigenvalue weighted by Crippen LogP contribution is 2.33. The second kappa shape index (κ2) is 5.08. The highest BCUT2D eigenvalue weighted by molar-refractivity contribution is 7.71. The molecular formula is C13H13ClN2OS. The normalized spacial score (nSPS) is 10.4. The Morgan fingerprint density at radius 3 is 2.67 bits per heavy atom. The minimum atomic E-state index is 0.645. The Kier molecular flexibility index (Phi) is 3.68. The van der Waals surface area contributed by atoms with Gasteiger partial charge in [-0.05, 0) is 43.2 Å². The third-order valence-corrected chi connectivity index (χ3v) is 3.58. The molecule has 0 saturated heterocycles. The quantitative estimate of drug-likeness (QED) is 0.842. The highest BCUT2D eigenvalue weighted by atomic mass is 35.5. The molecule has 0 spiro atoms. The van der Waals surface area contributed by atoms with Gasteiger partial charge in [0.25, 0.3) is 0 Å². The van der Waals surface area contributed by atoms with E-state index in [1.807, 2.05) is 26.0 Å². The van der Waals surface area contributed by atoms with E-state index < -0.39 is 0 Å². The number of aromatic nitrogens is 2. The lowest BCUT2D eigenvalue weighted by molar-refractivity contribution is 0.416. The first kappa shape index (κ1) is 13.1. The van der Waals surface area contributed by atoms with Gasteiger partial charge < -0.3 is 4.74 Å². The second-order valence-electron chi connectivity index (χ2n) is 4.00. The maximum atomic E-state index is 6.03. The standard InChI is InChI=1S/C13H13ClN2OS/c1-7-8(2)13(18)16-15-12(7)10-6-9(14)4-5-11(10)17-3/h4-6H,1-3H3,(H,16,18). The van der Waals surface area contributed by atoms with Gasteiger partial charge in [0.05, 0.1) is 12.8 Å². The van der Waals surface area contributed by atoms with E-state index in [2.05, 4.69) is 10.2 Å². The molecule has 3 nitrogen and oxygen atoms in total. The van der Waals surface area contributed by atoms with Crippen LogP contribution in [0.4, 0.5) is 0 Å². The number of hydrogen-bond donors (Lipinski definition) is 1. The van der Waals surface area contributed by atoms with Crippen molar-refractivity contribution in [3.63, 3.8) is 0 Å². The van der Waals surface area contributed by atoms with Crippen LogP contribution < -0.4 is 4.74 Å². The number of H-pyrrole nitrogens is 1. The summed E-state index contributed by atoms with van der Waals surface area (Å²) in [4.78, 5) is 0. The third-order valence-electron chi connectivity index (χ3n) is 2.94. The van der Waals surface area contributed by atoms with Crippen LogP contribution in [0, 0.1) is 18.5 Å². The van der Waals surface area contributed by atoms with Crippen LogP contribution in [-0.2, 0) is 0 Å². The zero-order valence-corrected chi connectivity index (χ0v) is 11.9. The Labute approximate surface area is 116 Å². The predicted molar refractivity (Wildman–Crippen MR) is 75.9 cm³/mol. The minimum absolute atomic E-state index is 0.645. The van der Waals surface area contributed by atoms with Crippen LogP contribution >= 0.6 is 23.8 Å². The molecule has 18 heavy (non-hydrogen) atoms. The van der Waals surface area contributed by atoms with Gasteiger partial charge in [-0.2, -0.15) is 5.10 Å². The van der Waals surface area contributed by atoms with Crippen molar-refractivity contribution in [3.05, 3.63) is 39.0 Å². The topological polar surface area (TPSA) is 37.9 Å². The van der Waals surface area contributed by atoms with E-state index in [1.165, 1.54) is 0 Å². The van der Waals surface area contributed by atoms with E-state index in [9.17, 15) is 0 Å². The first-order chi connectivity index (χ1) is 8.54. The van der Waals surface area contributed by atoms with E-state index in [0.717, 1.165) is 28.1 Å². The van der Waals surface area contributed by atoms with Crippen LogP contribution in [0.3, 0.4) is 0 Å². The molecule has 0 aliphatic heterocycles. The molecule has 1 heterocycles. The van der Waals surface area contributed by atoms with Gasteiger partial charge in [-0.1, -0.05) is 23.8 Å². The first-order valence-corrected chi connectivity index (χ1v) is 6.23. The molecule has 0 aliphatic rings. The summed E-state index contributed by atoms with van der Waals surface area (Å²) in [6.45, 7) is 3.96. The summed E-state index contributed by atoms with van der Waals surface area (Å²) in [5, 5.41) is 7.78. The number of methoxy groups -OCH3 is 1.